The fourth-order valence-corrected chi connectivity index (χ4v) is 2.46. The van der Waals surface area contributed by atoms with Crippen LogP contribution in [-0.4, -0.2) is 47.0 Å². The van der Waals surface area contributed by atoms with Gasteiger partial charge in [0.05, 0.1) is 11.4 Å². The van der Waals surface area contributed by atoms with Gasteiger partial charge in [-0.1, -0.05) is 12.1 Å². The zero-order chi connectivity index (χ0) is 15.6. The Kier molecular flexibility index (Phi) is 7.00. The predicted octanol–water partition coefficient (Wildman–Crippen LogP) is 2.82. The molecule has 0 amide bonds. The summed E-state index contributed by atoms with van der Waals surface area (Å²) in [6.45, 7) is 4.05. The number of nitrogens with zero attached hydrogens (tertiary/aromatic N) is 4. The van der Waals surface area contributed by atoms with Crippen LogP contribution in [0, 0.1) is 0 Å². The average Bonchev–Trinajstić information content (AvgIpc) is 2.53. The minimum absolute atomic E-state index is 0.921. The van der Waals surface area contributed by atoms with E-state index in [9.17, 15) is 0 Å². The molecule has 0 aliphatic rings. The summed E-state index contributed by atoms with van der Waals surface area (Å²) in [5.41, 5.74) is 2.27. The van der Waals surface area contributed by atoms with Gasteiger partial charge in [-0.3, -0.25) is 9.97 Å². The monoisotopic (exact) mass is 298 g/mol. The van der Waals surface area contributed by atoms with Crippen molar-refractivity contribution in [3.05, 3.63) is 60.2 Å². The second-order valence-electron chi connectivity index (χ2n) is 5.82. The van der Waals surface area contributed by atoms with Crippen molar-refractivity contribution in [3.8, 4) is 0 Å². The van der Waals surface area contributed by atoms with Gasteiger partial charge < -0.3 is 9.80 Å². The predicted molar refractivity (Wildman–Crippen MR) is 90.4 cm³/mol. The molecule has 0 unspecified atom stereocenters. The van der Waals surface area contributed by atoms with Crippen molar-refractivity contribution >= 4 is 0 Å². The first kappa shape index (κ1) is 16.6. The van der Waals surface area contributed by atoms with E-state index in [0.717, 1.165) is 37.6 Å². The molecule has 0 radical (unpaired) electrons. The number of hydrogen-bond acceptors (Lipinski definition) is 4. The van der Waals surface area contributed by atoms with E-state index >= 15 is 0 Å². The summed E-state index contributed by atoms with van der Waals surface area (Å²) >= 11 is 0. The fraction of sp³-hybridized carbons (Fsp3) is 0.444. The zero-order valence-corrected chi connectivity index (χ0v) is 13.7. The third kappa shape index (κ3) is 6.33. The Labute approximate surface area is 133 Å². The molecule has 0 atom stereocenters. The van der Waals surface area contributed by atoms with Gasteiger partial charge in [0.1, 0.15) is 0 Å². The molecule has 2 rings (SSSR count). The molecule has 0 saturated carbocycles. The Bertz CT molecular complexity index is 466. The maximum absolute atomic E-state index is 4.37. The molecule has 0 saturated heterocycles. The Hall–Kier alpha value is -1.78. The fourth-order valence-electron chi connectivity index (χ4n) is 2.46. The Morgan fingerprint density at radius 1 is 0.727 bits per heavy atom. The van der Waals surface area contributed by atoms with Crippen LogP contribution in [-0.2, 0) is 13.1 Å². The molecule has 0 aromatic carbocycles. The van der Waals surface area contributed by atoms with E-state index in [1.165, 1.54) is 12.8 Å². The highest BCUT2D eigenvalue weighted by molar-refractivity contribution is 5.03. The summed E-state index contributed by atoms with van der Waals surface area (Å²) in [5, 5.41) is 0. The lowest BCUT2D eigenvalue weighted by Crippen LogP contribution is -2.23. The first-order valence-corrected chi connectivity index (χ1v) is 7.91. The lowest BCUT2D eigenvalue weighted by molar-refractivity contribution is 0.282. The highest BCUT2D eigenvalue weighted by Crippen LogP contribution is 2.03. The summed E-state index contributed by atoms with van der Waals surface area (Å²) in [5.74, 6) is 0. The summed E-state index contributed by atoms with van der Waals surface area (Å²) < 4.78 is 0. The standard InChI is InChI=1S/C18H26N4/c1-21(15-17-9-3-5-11-19-17)13-7-8-14-22(2)16-18-10-4-6-12-20-18/h3-6,9-12H,7-8,13-16H2,1-2H3. The second-order valence-corrected chi connectivity index (χ2v) is 5.82. The van der Waals surface area contributed by atoms with Crippen LogP contribution in [0.4, 0.5) is 0 Å². The third-order valence-electron chi connectivity index (χ3n) is 3.65. The lowest BCUT2D eigenvalue weighted by Gasteiger charge is -2.18. The number of hydrogen-bond donors (Lipinski definition) is 0. The molecule has 4 nitrogen and oxygen atoms in total. The van der Waals surface area contributed by atoms with Crippen molar-refractivity contribution in [2.75, 3.05) is 27.2 Å². The number of pyridine rings is 2. The molecule has 118 valence electrons. The van der Waals surface area contributed by atoms with E-state index in [0.29, 0.717) is 0 Å². The van der Waals surface area contributed by atoms with Gasteiger partial charge in [-0.2, -0.15) is 0 Å². The summed E-state index contributed by atoms with van der Waals surface area (Å²) in [7, 11) is 4.32. The molecule has 0 spiro atoms. The summed E-state index contributed by atoms with van der Waals surface area (Å²) in [6.07, 6.45) is 6.12. The zero-order valence-electron chi connectivity index (χ0n) is 13.7. The Morgan fingerprint density at radius 3 is 1.55 bits per heavy atom. The van der Waals surface area contributed by atoms with Gasteiger partial charge >= 0.3 is 0 Å². The first-order chi connectivity index (χ1) is 10.7. The molecule has 0 bridgehead atoms. The van der Waals surface area contributed by atoms with E-state index in [-0.39, 0.29) is 0 Å². The molecule has 0 fully saturated rings. The van der Waals surface area contributed by atoms with Gasteiger partial charge in [0, 0.05) is 25.5 Å². The molecule has 2 heterocycles. The molecule has 0 aliphatic carbocycles. The van der Waals surface area contributed by atoms with E-state index in [1.807, 2.05) is 36.7 Å². The Morgan fingerprint density at radius 2 is 1.18 bits per heavy atom. The Balaban J connectivity index is 1.58. The van der Waals surface area contributed by atoms with Crippen LogP contribution in [0.1, 0.15) is 24.2 Å². The number of rotatable bonds is 9. The van der Waals surface area contributed by atoms with Gasteiger partial charge in [0.15, 0.2) is 0 Å². The first-order valence-electron chi connectivity index (χ1n) is 7.91. The molecule has 22 heavy (non-hydrogen) atoms. The van der Waals surface area contributed by atoms with Gasteiger partial charge in [-0.05, 0) is 64.3 Å². The van der Waals surface area contributed by atoms with E-state index in [4.69, 9.17) is 0 Å². The van der Waals surface area contributed by atoms with Crippen molar-refractivity contribution in [2.24, 2.45) is 0 Å². The molecule has 0 N–H and O–H groups in total. The van der Waals surface area contributed by atoms with Crippen LogP contribution in [0.3, 0.4) is 0 Å². The second kappa shape index (κ2) is 9.28. The molecule has 0 aliphatic heterocycles. The summed E-state index contributed by atoms with van der Waals surface area (Å²) in [6, 6.07) is 12.2. The van der Waals surface area contributed by atoms with E-state index in [1.54, 1.807) is 0 Å². The summed E-state index contributed by atoms with van der Waals surface area (Å²) in [4.78, 5) is 13.4. The lowest BCUT2D eigenvalue weighted by atomic mass is 10.2. The molecule has 4 heteroatoms. The van der Waals surface area contributed by atoms with E-state index < -0.39 is 0 Å². The molecule has 2 aromatic heterocycles. The highest BCUT2D eigenvalue weighted by atomic mass is 15.1. The normalized spacial score (nSPS) is 11.3. The van der Waals surface area contributed by atoms with Crippen molar-refractivity contribution < 1.29 is 0 Å². The molecule has 2 aromatic rings. The third-order valence-corrected chi connectivity index (χ3v) is 3.65. The topological polar surface area (TPSA) is 32.3 Å². The quantitative estimate of drug-likeness (QED) is 0.666. The van der Waals surface area contributed by atoms with Gasteiger partial charge in [0.2, 0.25) is 0 Å². The SMILES string of the molecule is CN(CCCCN(C)Cc1ccccn1)Cc1ccccn1. The minimum atomic E-state index is 0.921. The van der Waals surface area contributed by atoms with Crippen LogP contribution in [0.25, 0.3) is 0 Å². The average molecular weight is 298 g/mol. The number of unbranched alkanes of at least 4 members (excludes halogenated alkanes) is 1. The van der Waals surface area contributed by atoms with Crippen LogP contribution in [0.2, 0.25) is 0 Å². The van der Waals surface area contributed by atoms with Gasteiger partial charge in [-0.25, -0.2) is 0 Å². The number of aromatic nitrogens is 2. The minimum Gasteiger partial charge on any atom is -0.301 e. The highest BCUT2D eigenvalue weighted by Gasteiger charge is 2.03. The largest absolute Gasteiger partial charge is 0.301 e. The molecular weight excluding hydrogens is 272 g/mol. The molecular formula is C18H26N4. The van der Waals surface area contributed by atoms with Gasteiger partial charge in [0.25, 0.3) is 0 Å². The van der Waals surface area contributed by atoms with Crippen molar-refractivity contribution in [2.45, 2.75) is 25.9 Å². The van der Waals surface area contributed by atoms with Crippen LogP contribution in [0.5, 0.6) is 0 Å². The van der Waals surface area contributed by atoms with Crippen molar-refractivity contribution in [1.82, 2.24) is 19.8 Å². The maximum Gasteiger partial charge on any atom is 0.0543 e. The van der Waals surface area contributed by atoms with Gasteiger partial charge in [-0.15, -0.1) is 0 Å². The maximum atomic E-state index is 4.37. The van der Waals surface area contributed by atoms with Crippen LogP contribution < -0.4 is 0 Å². The van der Waals surface area contributed by atoms with E-state index in [2.05, 4.69) is 46.0 Å². The van der Waals surface area contributed by atoms with Crippen molar-refractivity contribution in [3.63, 3.8) is 0 Å². The smallest absolute Gasteiger partial charge is 0.0543 e. The van der Waals surface area contributed by atoms with Crippen LogP contribution in [0.15, 0.2) is 48.8 Å². The van der Waals surface area contributed by atoms with Crippen LogP contribution >= 0.6 is 0 Å². The van der Waals surface area contributed by atoms with Crippen molar-refractivity contribution in [1.29, 1.82) is 0 Å².